The number of rotatable bonds is 2. The molecule has 9 rings (SSSR count). The number of fused-ring (bicyclic) bond motifs is 6. The zero-order valence-corrected chi connectivity index (χ0v) is 24.2. The highest BCUT2D eigenvalue weighted by Gasteiger charge is 2.44. The topological polar surface area (TPSA) is 39.1 Å². The lowest BCUT2D eigenvalue weighted by Crippen LogP contribution is -2.60. The van der Waals surface area contributed by atoms with E-state index in [0.717, 1.165) is 16.8 Å². The van der Waals surface area contributed by atoms with E-state index in [2.05, 4.69) is 132 Å². The maximum atomic E-state index is 9.42. The van der Waals surface area contributed by atoms with Crippen molar-refractivity contribution in [2.24, 2.45) is 0 Å². The smallest absolute Gasteiger partial charge is 0.252 e. The summed E-state index contributed by atoms with van der Waals surface area (Å²) in [7, 11) is 0. The molecule has 0 saturated heterocycles. The number of anilines is 5. The van der Waals surface area contributed by atoms with Crippen LogP contribution >= 0.6 is 11.8 Å². The van der Waals surface area contributed by atoms with Crippen molar-refractivity contribution in [1.29, 1.82) is 5.26 Å². The van der Waals surface area contributed by atoms with Gasteiger partial charge in [0.15, 0.2) is 0 Å². The Kier molecular flexibility index (Phi) is 5.20. The summed E-state index contributed by atoms with van der Waals surface area (Å²) in [5, 5.41) is 13.4. The van der Waals surface area contributed by atoms with Gasteiger partial charge < -0.3 is 10.2 Å². The Labute approximate surface area is 255 Å². The number of nitriles is 1. The van der Waals surface area contributed by atoms with Crippen molar-refractivity contribution in [2.45, 2.75) is 16.7 Å². The van der Waals surface area contributed by atoms with E-state index in [0.29, 0.717) is 5.56 Å². The lowest BCUT2D eigenvalue weighted by molar-refractivity contribution is 1.17. The molecule has 6 aromatic rings. The van der Waals surface area contributed by atoms with Crippen LogP contribution in [0.5, 0.6) is 0 Å². The molecule has 5 heteroatoms. The highest BCUT2D eigenvalue weighted by Crippen LogP contribution is 2.53. The molecule has 6 aromatic carbocycles. The van der Waals surface area contributed by atoms with Gasteiger partial charge >= 0.3 is 0 Å². The quantitative estimate of drug-likeness (QED) is 0.216. The summed E-state index contributed by atoms with van der Waals surface area (Å²) in [6.45, 7) is 2.28. The van der Waals surface area contributed by atoms with Gasteiger partial charge in [-0.15, -0.1) is 0 Å². The number of hydrogen-bond acceptors (Lipinski definition) is 4. The molecule has 0 unspecified atom stereocenters. The van der Waals surface area contributed by atoms with Crippen LogP contribution in [0.4, 0.5) is 28.4 Å². The van der Waals surface area contributed by atoms with E-state index in [4.69, 9.17) is 0 Å². The Morgan fingerprint density at radius 1 is 0.698 bits per heavy atom. The van der Waals surface area contributed by atoms with Crippen molar-refractivity contribution in [2.75, 3.05) is 10.2 Å². The van der Waals surface area contributed by atoms with E-state index in [1.807, 2.05) is 23.9 Å². The molecule has 0 aromatic heterocycles. The van der Waals surface area contributed by atoms with Crippen LogP contribution in [0.3, 0.4) is 0 Å². The van der Waals surface area contributed by atoms with E-state index >= 15 is 0 Å². The number of aryl methyl sites for hydroxylation is 1. The molecule has 0 radical (unpaired) electrons. The van der Waals surface area contributed by atoms with Crippen molar-refractivity contribution < 1.29 is 0 Å². The average molecular weight is 566 g/mol. The van der Waals surface area contributed by atoms with Crippen molar-refractivity contribution >= 4 is 63.3 Å². The minimum absolute atomic E-state index is 0.0947. The number of nitrogens with one attached hydrogen (secondary N) is 1. The zero-order chi connectivity index (χ0) is 28.7. The van der Waals surface area contributed by atoms with Crippen molar-refractivity contribution in [1.82, 2.24) is 0 Å². The molecular weight excluding hydrogens is 541 g/mol. The SMILES string of the molecule is Cc1ccccc1-c1cccc2c1Nc1cc(-c3ccc(C#N)cc3)cc3c1B2c1cccc2c1N3c1ccccc1S2. The maximum Gasteiger partial charge on any atom is 0.252 e. The van der Waals surface area contributed by atoms with Crippen molar-refractivity contribution in [3.05, 3.63) is 132 Å². The van der Waals surface area contributed by atoms with Gasteiger partial charge in [-0.05, 0) is 88.0 Å². The number of para-hydroxylation sites is 3. The monoisotopic (exact) mass is 565 g/mol. The first-order valence-corrected chi connectivity index (χ1v) is 15.4. The summed E-state index contributed by atoms with van der Waals surface area (Å²) < 4.78 is 0. The van der Waals surface area contributed by atoms with Gasteiger partial charge in [0.05, 0.1) is 23.0 Å². The van der Waals surface area contributed by atoms with Crippen LogP contribution < -0.4 is 26.6 Å². The Morgan fingerprint density at radius 2 is 1.44 bits per heavy atom. The van der Waals surface area contributed by atoms with Crippen LogP contribution in [-0.2, 0) is 0 Å². The van der Waals surface area contributed by atoms with Crippen LogP contribution in [0.15, 0.2) is 131 Å². The number of benzene rings is 6. The van der Waals surface area contributed by atoms with E-state index in [-0.39, 0.29) is 6.71 Å². The second-order valence-electron chi connectivity index (χ2n) is 11.4. The second-order valence-corrected chi connectivity index (χ2v) is 12.5. The molecular formula is C38H24BN3S. The molecule has 0 aliphatic carbocycles. The molecule has 0 bridgehead atoms. The summed E-state index contributed by atoms with van der Waals surface area (Å²) in [6, 6.07) is 45.7. The third kappa shape index (κ3) is 3.51. The van der Waals surface area contributed by atoms with E-state index < -0.39 is 0 Å². The molecule has 3 aliphatic rings. The van der Waals surface area contributed by atoms with Gasteiger partial charge in [-0.2, -0.15) is 5.26 Å². The third-order valence-electron chi connectivity index (χ3n) is 9.03. The highest BCUT2D eigenvalue weighted by atomic mass is 32.2. The second kappa shape index (κ2) is 9.16. The molecule has 200 valence electrons. The van der Waals surface area contributed by atoms with Gasteiger partial charge in [0.25, 0.3) is 6.71 Å². The summed E-state index contributed by atoms with van der Waals surface area (Å²) in [5.41, 5.74) is 16.5. The van der Waals surface area contributed by atoms with Gasteiger partial charge in [0.2, 0.25) is 0 Å². The highest BCUT2D eigenvalue weighted by molar-refractivity contribution is 7.99. The first-order valence-electron chi connectivity index (χ1n) is 14.5. The molecule has 1 N–H and O–H groups in total. The van der Waals surface area contributed by atoms with E-state index in [9.17, 15) is 5.26 Å². The lowest BCUT2D eigenvalue weighted by Gasteiger charge is -2.44. The lowest BCUT2D eigenvalue weighted by atomic mass is 9.33. The maximum absolute atomic E-state index is 9.42. The molecule has 0 spiro atoms. The molecule has 0 atom stereocenters. The Bertz CT molecular complexity index is 2180. The fourth-order valence-electron chi connectivity index (χ4n) is 7.11. The van der Waals surface area contributed by atoms with Gasteiger partial charge in [-0.25, -0.2) is 0 Å². The summed E-state index contributed by atoms with van der Waals surface area (Å²) in [4.78, 5) is 5.02. The molecule has 3 heterocycles. The molecule has 0 fully saturated rings. The Hall–Kier alpha value is -5.18. The number of hydrogen-bond donors (Lipinski definition) is 1. The van der Waals surface area contributed by atoms with E-state index in [1.165, 1.54) is 65.6 Å². The standard InChI is InChI=1S/C38H24BN3S/c1-23-8-2-3-9-27(23)28-10-6-11-29-37(28)41-31-20-26(25-18-16-24(22-40)17-19-25)21-33-36(31)39(29)30-12-7-15-35-38(30)42(33)32-13-4-5-14-34(32)43-35/h2-21,41H,1H3. The first kappa shape index (κ1) is 24.4. The van der Waals surface area contributed by atoms with Gasteiger partial charge in [-0.3, -0.25) is 0 Å². The average Bonchev–Trinajstić information content (AvgIpc) is 3.05. The Balaban J connectivity index is 1.36. The molecule has 43 heavy (non-hydrogen) atoms. The zero-order valence-electron chi connectivity index (χ0n) is 23.4. The predicted molar refractivity (Wildman–Crippen MR) is 180 cm³/mol. The summed E-state index contributed by atoms with van der Waals surface area (Å²) in [6.07, 6.45) is 0. The van der Waals surface area contributed by atoms with Gasteiger partial charge in [0.1, 0.15) is 0 Å². The van der Waals surface area contributed by atoms with Crippen LogP contribution in [0.25, 0.3) is 22.3 Å². The van der Waals surface area contributed by atoms with Crippen LogP contribution in [0.2, 0.25) is 0 Å². The van der Waals surface area contributed by atoms with Gasteiger partial charge in [-0.1, -0.05) is 90.6 Å². The van der Waals surface area contributed by atoms with Crippen molar-refractivity contribution in [3.63, 3.8) is 0 Å². The molecule has 0 saturated carbocycles. The third-order valence-corrected chi connectivity index (χ3v) is 10.1. The molecule has 0 amide bonds. The van der Waals surface area contributed by atoms with E-state index in [1.54, 1.807) is 0 Å². The molecule has 3 aliphatic heterocycles. The minimum atomic E-state index is 0.0947. The number of nitrogens with zero attached hydrogens (tertiary/aromatic N) is 2. The minimum Gasteiger partial charge on any atom is -0.356 e. The summed E-state index contributed by atoms with van der Waals surface area (Å²) in [5.74, 6) is 0. The Morgan fingerprint density at radius 3 is 2.30 bits per heavy atom. The fourth-order valence-corrected chi connectivity index (χ4v) is 8.21. The fraction of sp³-hybridized carbons (Fsp3) is 0.0263. The van der Waals surface area contributed by atoms with Crippen LogP contribution in [-0.4, -0.2) is 6.71 Å². The van der Waals surface area contributed by atoms with Gasteiger partial charge in [0, 0.05) is 32.4 Å². The largest absolute Gasteiger partial charge is 0.356 e. The normalized spacial score (nSPS) is 13.2. The molecule has 3 nitrogen and oxygen atoms in total. The van der Waals surface area contributed by atoms with Crippen molar-refractivity contribution in [3.8, 4) is 28.3 Å². The summed E-state index contributed by atoms with van der Waals surface area (Å²) >= 11 is 1.86. The first-order chi connectivity index (χ1) is 21.2. The van der Waals surface area contributed by atoms with Crippen LogP contribution in [0, 0.1) is 18.3 Å². The van der Waals surface area contributed by atoms with Crippen LogP contribution in [0.1, 0.15) is 11.1 Å². The predicted octanol–water partition coefficient (Wildman–Crippen LogP) is 8.02.